The van der Waals surface area contributed by atoms with Crippen LogP contribution in [0.2, 0.25) is 5.15 Å². The van der Waals surface area contributed by atoms with Crippen molar-refractivity contribution in [2.24, 2.45) is 0 Å². The number of nitrogens with zero attached hydrogens (tertiary/aromatic N) is 2. The Morgan fingerprint density at radius 3 is 3.06 bits per heavy atom. The van der Waals surface area contributed by atoms with E-state index in [9.17, 15) is 4.79 Å². The molecular formula is C10H9ClN2O3. The second-order valence-electron chi connectivity index (χ2n) is 2.71. The molecule has 0 aliphatic rings. The summed E-state index contributed by atoms with van der Waals surface area (Å²) in [6.45, 7) is 1.85. The fraction of sp³-hybridized carbons (Fsp3) is 0.300. The molecule has 0 unspecified atom stereocenters. The van der Waals surface area contributed by atoms with E-state index < -0.39 is 6.16 Å². The largest absolute Gasteiger partial charge is 0.513 e. The van der Waals surface area contributed by atoms with Gasteiger partial charge in [-0.3, -0.25) is 0 Å². The SMILES string of the molecule is CCOC(=O)Oc1c(CC#N)ccnc1Cl. The van der Waals surface area contributed by atoms with E-state index in [1.165, 1.54) is 6.20 Å². The molecule has 0 saturated carbocycles. The third kappa shape index (κ3) is 3.11. The molecular weight excluding hydrogens is 232 g/mol. The lowest BCUT2D eigenvalue weighted by Gasteiger charge is -2.08. The molecule has 84 valence electrons. The van der Waals surface area contributed by atoms with Crippen LogP contribution in [0.25, 0.3) is 0 Å². The monoisotopic (exact) mass is 240 g/mol. The minimum absolute atomic E-state index is 0.0285. The first-order chi connectivity index (χ1) is 7.69. The van der Waals surface area contributed by atoms with Crippen LogP contribution in [-0.2, 0) is 11.2 Å². The molecule has 0 aliphatic carbocycles. The van der Waals surface area contributed by atoms with Crippen LogP contribution in [0.5, 0.6) is 5.75 Å². The Kier molecular flexibility index (Phi) is 4.55. The lowest BCUT2D eigenvalue weighted by atomic mass is 10.2. The van der Waals surface area contributed by atoms with Gasteiger partial charge in [0, 0.05) is 11.8 Å². The van der Waals surface area contributed by atoms with Gasteiger partial charge in [0.15, 0.2) is 10.9 Å². The Morgan fingerprint density at radius 2 is 2.44 bits per heavy atom. The lowest BCUT2D eigenvalue weighted by Crippen LogP contribution is -2.12. The number of ether oxygens (including phenoxy) is 2. The highest BCUT2D eigenvalue weighted by Gasteiger charge is 2.14. The number of hydrogen-bond acceptors (Lipinski definition) is 5. The summed E-state index contributed by atoms with van der Waals surface area (Å²) in [7, 11) is 0. The average molecular weight is 241 g/mol. The quantitative estimate of drug-likeness (QED) is 0.599. The smallest absolute Gasteiger partial charge is 0.434 e. The Morgan fingerprint density at radius 1 is 1.69 bits per heavy atom. The molecule has 0 aromatic carbocycles. The topological polar surface area (TPSA) is 72.2 Å². The van der Waals surface area contributed by atoms with Crippen LogP contribution in [0.4, 0.5) is 4.79 Å². The molecule has 0 saturated heterocycles. The minimum atomic E-state index is -0.864. The van der Waals surface area contributed by atoms with Crippen molar-refractivity contribution in [3.05, 3.63) is 23.0 Å². The summed E-state index contributed by atoms with van der Waals surface area (Å²) in [5, 5.41) is 8.62. The summed E-state index contributed by atoms with van der Waals surface area (Å²) in [6, 6.07) is 3.50. The van der Waals surface area contributed by atoms with Crippen molar-refractivity contribution < 1.29 is 14.3 Å². The molecule has 0 radical (unpaired) electrons. The molecule has 1 heterocycles. The van der Waals surface area contributed by atoms with Crippen molar-refractivity contribution in [1.82, 2.24) is 4.98 Å². The molecule has 0 N–H and O–H groups in total. The summed E-state index contributed by atoms with van der Waals surface area (Å²) in [4.78, 5) is 14.9. The molecule has 1 aromatic rings. The van der Waals surface area contributed by atoms with E-state index in [1.54, 1.807) is 13.0 Å². The highest BCUT2D eigenvalue weighted by Crippen LogP contribution is 2.27. The molecule has 1 aromatic heterocycles. The van der Waals surface area contributed by atoms with E-state index in [2.05, 4.69) is 9.72 Å². The lowest BCUT2D eigenvalue weighted by molar-refractivity contribution is 0.104. The zero-order valence-electron chi connectivity index (χ0n) is 8.57. The first kappa shape index (κ1) is 12.3. The molecule has 5 nitrogen and oxygen atoms in total. The van der Waals surface area contributed by atoms with Crippen molar-refractivity contribution in [2.45, 2.75) is 13.3 Å². The molecule has 16 heavy (non-hydrogen) atoms. The molecule has 0 atom stereocenters. The normalized spacial score (nSPS) is 9.31. The van der Waals surface area contributed by atoms with Crippen LogP contribution in [-0.4, -0.2) is 17.7 Å². The Balaban J connectivity index is 2.93. The molecule has 6 heteroatoms. The number of hydrogen-bond donors (Lipinski definition) is 0. The van der Waals surface area contributed by atoms with E-state index in [-0.39, 0.29) is 23.9 Å². The van der Waals surface area contributed by atoms with E-state index in [1.807, 2.05) is 6.07 Å². The summed E-state index contributed by atoms with van der Waals surface area (Å²) >= 11 is 5.76. The highest BCUT2D eigenvalue weighted by molar-refractivity contribution is 6.31. The van der Waals surface area contributed by atoms with E-state index in [0.717, 1.165) is 0 Å². The number of pyridine rings is 1. The highest BCUT2D eigenvalue weighted by atomic mass is 35.5. The predicted molar refractivity (Wildman–Crippen MR) is 56.2 cm³/mol. The molecule has 0 bridgehead atoms. The van der Waals surface area contributed by atoms with Gasteiger partial charge in [0.25, 0.3) is 0 Å². The van der Waals surface area contributed by atoms with Crippen LogP contribution < -0.4 is 4.74 Å². The third-order valence-corrected chi connectivity index (χ3v) is 1.93. The van der Waals surface area contributed by atoms with Gasteiger partial charge >= 0.3 is 6.16 Å². The molecule has 1 rings (SSSR count). The van der Waals surface area contributed by atoms with Gasteiger partial charge in [-0.05, 0) is 13.0 Å². The maximum atomic E-state index is 11.1. The Bertz CT molecular complexity index is 429. The van der Waals surface area contributed by atoms with Crippen molar-refractivity contribution in [2.75, 3.05) is 6.61 Å². The molecule has 0 fully saturated rings. The van der Waals surface area contributed by atoms with Gasteiger partial charge in [0.1, 0.15) is 0 Å². The van der Waals surface area contributed by atoms with E-state index in [0.29, 0.717) is 5.56 Å². The molecule has 0 aliphatic heterocycles. The molecule has 0 amide bonds. The van der Waals surface area contributed by atoms with Crippen molar-refractivity contribution in [3.63, 3.8) is 0 Å². The van der Waals surface area contributed by atoms with Gasteiger partial charge in [-0.2, -0.15) is 5.26 Å². The van der Waals surface area contributed by atoms with Gasteiger partial charge in [-0.1, -0.05) is 11.6 Å². The van der Waals surface area contributed by atoms with Crippen LogP contribution in [0, 0.1) is 11.3 Å². The van der Waals surface area contributed by atoms with Crippen LogP contribution >= 0.6 is 11.6 Å². The molecule has 0 spiro atoms. The average Bonchev–Trinajstić information content (AvgIpc) is 2.24. The summed E-state index contributed by atoms with van der Waals surface area (Å²) in [5.74, 6) is 0.0733. The van der Waals surface area contributed by atoms with Gasteiger partial charge in [-0.15, -0.1) is 0 Å². The second kappa shape index (κ2) is 5.93. The number of carbonyl (C=O) groups excluding carboxylic acids is 1. The summed E-state index contributed by atoms with van der Waals surface area (Å²) in [6.07, 6.45) is 0.654. The van der Waals surface area contributed by atoms with Crippen LogP contribution in [0.1, 0.15) is 12.5 Å². The first-order valence-electron chi connectivity index (χ1n) is 4.54. The predicted octanol–water partition coefficient (Wildman–Crippen LogP) is 2.34. The number of nitriles is 1. The van der Waals surface area contributed by atoms with Gasteiger partial charge in [0.05, 0.1) is 19.1 Å². The number of aromatic nitrogens is 1. The number of carbonyl (C=O) groups is 1. The fourth-order valence-electron chi connectivity index (χ4n) is 1.02. The maximum absolute atomic E-state index is 11.1. The van der Waals surface area contributed by atoms with Crippen LogP contribution in [0.3, 0.4) is 0 Å². The van der Waals surface area contributed by atoms with E-state index >= 15 is 0 Å². The van der Waals surface area contributed by atoms with Crippen molar-refractivity contribution in [1.29, 1.82) is 5.26 Å². The standard InChI is InChI=1S/C10H9ClN2O3/c1-2-15-10(14)16-8-7(3-5-12)4-6-13-9(8)11/h4,6H,2-3H2,1H3. The zero-order valence-corrected chi connectivity index (χ0v) is 9.32. The summed E-state index contributed by atoms with van der Waals surface area (Å²) < 4.78 is 9.47. The second-order valence-corrected chi connectivity index (χ2v) is 3.07. The van der Waals surface area contributed by atoms with Gasteiger partial charge < -0.3 is 9.47 Å². The van der Waals surface area contributed by atoms with Crippen molar-refractivity contribution in [3.8, 4) is 11.8 Å². The Labute approximate surface area is 97.6 Å². The first-order valence-corrected chi connectivity index (χ1v) is 4.91. The van der Waals surface area contributed by atoms with Crippen LogP contribution in [0.15, 0.2) is 12.3 Å². The van der Waals surface area contributed by atoms with E-state index in [4.69, 9.17) is 21.6 Å². The zero-order chi connectivity index (χ0) is 12.0. The fourth-order valence-corrected chi connectivity index (χ4v) is 1.24. The Hall–Kier alpha value is -1.80. The third-order valence-electron chi connectivity index (χ3n) is 1.66. The summed E-state index contributed by atoms with van der Waals surface area (Å²) in [5.41, 5.74) is 0.496. The number of rotatable bonds is 3. The number of halogens is 1. The minimum Gasteiger partial charge on any atom is -0.434 e. The van der Waals surface area contributed by atoms with Crippen molar-refractivity contribution >= 4 is 17.8 Å². The van der Waals surface area contributed by atoms with Gasteiger partial charge in [0.2, 0.25) is 0 Å². The van der Waals surface area contributed by atoms with Gasteiger partial charge in [-0.25, -0.2) is 9.78 Å². The maximum Gasteiger partial charge on any atom is 0.513 e.